The zero-order valence-electron chi connectivity index (χ0n) is 10.2. The molecule has 1 aromatic heterocycles. The minimum atomic E-state index is -3.53. The molecular formula is C10H18N4O2S2. The van der Waals surface area contributed by atoms with Crippen LogP contribution in [0.4, 0.5) is 0 Å². The van der Waals surface area contributed by atoms with Gasteiger partial charge in [0.15, 0.2) is 5.03 Å². The monoisotopic (exact) mass is 290 g/mol. The number of hydrogen-bond acceptors (Lipinski definition) is 5. The van der Waals surface area contributed by atoms with Gasteiger partial charge in [-0.25, -0.2) is 13.1 Å². The first kappa shape index (κ1) is 13.9. The molecule has 1 aliphatic carbocycles. The van der Waals surface area contributed by atoms with Gasteiger partial charge in [0, 0.05) is 23.4 Å². The molecule has 1 aromatic rings. The highest BCUT2D eigenvalue weighted by Gasteiger charge is 2.29. The van der Waals surface area contributed by atoms with Crippen LogP contribution in [0.25, 0.3) is 0 Å². The molecule has 2 atom stereocenters. The van der Waals surface area contributed by atoms with Crippen LogP contribution >= 0.6 is 11.8 Å². The van der Waals surface area contributed by atoms with Crippen molar-refractivity contribution in [3.63, 3.8) is 0 Å². The molecule has 1 aliphatic rings. The Hall–Kier alpha value is -0.570. The fourth-order valence-electron chi connectivity index (χ4n) is 2.22. The molecule has 0 saturated heterocycles. The first-order chi connectivity index (χ1) is 8.56. The van der Waals surface area contributed by atoms with E-state index >= 15 is 0 Å². The Morgan fingerprint density at radius 2 is 2.39 bits per heavy atom. The molecule has 8 heteroatoms. The lowest BCUT2D eigenvalue weighted by molar-refractivity contribution is 0.548. The van der Waals surface area contributed by atoms with Crippen molar-refractivity contribution >= 4 is 21.8 Å². The molecule has 102 valence electrons. The second-order valence-corrected chi connectivity index (χ2v) is 7.21. The first-order valence-electron chi connectivity index (χ1n) is 5.84. The van der Waals surface area contributed by atoms with Gasteiger partial charge in [-0.2, -0.15) is 16.9 Å². The quantitative estimate of drug-likeness (QED) is 0.730. The lowest BCUT2D eigenvalue weighted by atomic mass is 10.3. The van der Waals surface area contributed by atoms with Gasteiger partial charge >= 0.3 is 0 Å². The number of H-pyrrole nitrogens is 1. The van der Waals surface area contributed by atoms with Crippen LogP contribution in [0.1, 0.15) is 24.8 Å². The highest BCUT2D eigenvalue weighted by molar-refractivity contribution is 7.99. The average Bonchev–Trinajstić information content (AvgIpc) is 2.96. The van der Waals surface area contributed by atoms with Gasteiger partial charge in [0.2, 0.25) is 0 Å². The van der Waals surface area contributed by atoms with E-state index in [-0.39, 0.29) is 17.6 Å². The molecule has 6 nitrogen and oxygen atoms in total. The van der Waals surface area contributed by atoms with E-state index in [1.54, 1.807) is 11.8 Å². The molecule has 0 aromatic carbocycles. The van der Waals surface area contributed by atoms with E-state index in [9.17, 15) is 8.42 Å². The van der Waals surface area contributed by atoms with Crippen LogP contribution in [0, 0.1) is 0 Å². The van der Waals surface area contributed by atoms with E-state index in [1.807, 2.05) is 0 Å². The molecule has 2 rings (SSSR count). The number of hydrogen-bond donors (Lipinski definition) is 3. The van der Waals surface area contributed by atoms with Crippen molar-refractivity contribution in [2.24, 2.45) is 5.73 Å². The van der Waals surface area contributed by atoms with Crippen molar-refractivity contribution < 1.29 is 8.42 Å². The van der Waals surface area contributed by atoms with Gasteiger partial charge in [0.1, 0.15) is 0 Å². The van der Waals surface area contributed by atoms with Crippen LogP contribution < -0.4 is 10.5 Å². The highest BCUT2D eigenvalue weighted by atomic mass is 32.2. The topological polar surface area (TPSA) is 101 Å². The Labute approximate surface area is 111 Å². The normalized spacial score (nSPS) is 24.6. The number of nitrogens with zero attached hydrogens (tertiary/aromatic N) is 1. The molecule has 4 N–H and O–H groups in total. The van der Waals surface area contributed by atoms with Crippen molar-refractivity contribution in [3.05, 3.63) is 11.8 Å². The summed E-state index contributed by atoms with van der Waals surface area (Å²) >= 11 is 1.79. The van der Waals surface area contributed by atoms with Crippen LogP contribution in [-0.2, 0) is 16.6 Å². The maximum Gasteiger partial charge on any atom is 0.258 e. The Balaban J connectivity index is 2.09. The van der Waals surface area contributed by atoms with Crippen molar-refractivity contribution in [3.8, 4) is 0 Å². The van der Waals surface area contributed by atoms with Gasteiger partial charge in [-0.15, -0.1) is 0 Å². The van der Waals surface area contributed by atoms with E-state index in [1.165, 1.54) is 6.20 Å². The molecular weight excluding hydrogens is 272 g/mol. The van der Waals surface area contributed by atoms with E-state index < -0.39 is 10.0 Å². The van der Waals surface area contributed by atoms with E-state index in [2.05, 4.69) is 21.2 Å². The molecule has 18 heavy (non-hydrogen) atoms. The number of nitrogens with one attached hydrogen (secondary N) is 2. The number of aromatic amines is 1. The Morgan fingerprint density at radius 1 is 1.61 bits per heavy atom. The summed E-state index contributed by atoms with van der Waals surface area (Å²) in [6, 6.07) is 0.0152. The maximum atomic E-state index is 12.2. The summed E-state index contributed by atoms with van der Waals surface area (Å²) in [4.78, 5) is 0. The minimum absolute atomic E-state index is 0.0152. The number of sulfonamides is 1. The summed E-state index contributed by atoms with van der Waals surface area (Å²) in [7, 11) is -3.53. The third kappa shape index (κ3) is 2.87. The van der Waals surface area contributed by atoms with Crippen LogP contribution in [-0.4, -0.2) is 36.2 Å². The predicted molar refractivity (Wildman–Crippen MR) is 71.7 cm³/mol. The molecule has 0 spiro atoms. The zero-order chi connectivity index (χ0) is 13.2. The summed E-state index contributed by atoms with van der Waals surface area (Å²) in [5.41, 5.74) is 6.00. The Kier molecular flexibility index (Phi) is 4.31. The van der Waals surface area contributed by atoms with E-state index in [0.29, 0.717) is 10.8 Å². The molecule has 1 heterocycles. The first-order valence-corrected chi connectivity index (χ1v) is 8.61. The maximum absolute atomic E-state index is 12.2. The average molecular weight is 290 g/mol. The Morgan fingerprint density at radius 3 is 3.00 bits per heavy atom. The van der Waals surface area contributed by atoms with Gasteiger partial charge in [-0.1, -0.05) is 0 Å². The number of nitrogens with two attached hydrogens (primary N) is 1. The fraction of sp³-hybridized carbons (Fsp3) is 0.700. The third-order valence-electron chi connectivity index (χ3n) is 3.21. The van der Waals surface area contributed by atoms with Crippen LogP contribution in [0.3, 0.4) is 0 Å². The number of thioether (sulfide) groups is 1. The van der Waals surface area contributed by atoms with E-state index in [4.69, 9.17) is 5.73 Å². The van der Waals surface area contributed by atoms with Gasteiger partial charge in [0.05, 0.1) is 6.20 Å². The second kappa shape index (κ2) is 5.60. The van der Waals surface area contributed by atoms with Gasteiger partial charge < -0.3 is 5.73 Å². The van der Waals surface area contributed by atoms with Crippen molar-refractivity contribution in [2.75, 3.05) is 6.26 Å². The molecule has 0 amide bonds. The summed E-state index contributed by atoms with van der Waals surface area (Å²) in [5.74, 6) is 0. The van der Waals surface area contributed by atoms with Gasteiger partial charge in [-0.3, -0.25) is 5.10 Å². The Bertz CT molecular complexity index is 500. The SMILES string of the molecule is CSC1CCC(NS(=O)(=O)c2[nH]ncc2CN)C1. The lowest BCUT2D eigenvalue weighted by Crippen LogP contribution is -2.34. The zero-order valence-corrected chi connectivity index (χ0v) is 11.9. The standard InChI is InChI=1S/C10H18N4O2S2/c1-17-9-3-2-8(4-9)14-18(15,16)10-7(5-11)6-12-13-10/h6,8-9,14H,2-5,11H2,1H3,(H,12,13). The fourth-order valence-corrected chi connectivity index (χ4v) is 4.44. The number of aromatic nitrogens is 2. The van der Waals surface area contributed by atoms with Crippen molar-refractivity contribution in [2.45, 2.75) is 42.1 Å². The third-order valence-corrected chi connectivity index (χ3v) is 5.84. The van der Waals surface area contributed by atoms with Gasteiger partial charge in [0.25, 0.3) is 10.0 Å². The van der Waals surface area contributed by atoms with Crippen LogP contribution in [0.2, 0.25) is 0 Å². The second-order valence-electron chi connectivity index (χ2n) is 4.42. The van der Waals surface area contributed by atoms with Crippen molar-refractivity contribution in [1.82, 2.24) is 14.9 Å². The largest absolute Gasteiger partial charge is 0.326 e. The minimum Gasteiger partial charge on any atom is -0.326 e. The highest BCUT2D eigenvalue weighted by Crippen LogP contribution is 2.29. The molecule has 0 bridgehead atoms. The lowest BCUT2D eigenvalue weighted by Gasteiger charge is -2.12. The predicted octanol–water partition coefficient (Wildman–Crippen LogP) is 0.431. The summed E-state index contributed by atoms with van der Waals surface area (Å²) in [6.45, 7) is 0.158. The number of rotatable bonds is 5. The molecule has 1 fully saturated rings. The van der Waals surface area contributed by atoms with E-state index in [0.717, 1.165) is 19.3 Å². The molecule has 2 unspecified atom stereocenters. The smallest absolute Gasteiger partial charge is 0.258 e. The van der Waals surface area contributed by atoms with Crippen LogP contribution in [0.5, 0.6) is 0 Å². The molecule has 0 aliphatic heterocycles. The van der Waals surface area contributed by atoms with Gasteiger partial charge in [-0.05, 0) is 25.5 Å². The van der Waals surface area contributed by atoms with Crippen LogP contribution in [0.15, 0.2) is 11.2 Å². The summed E-state index contributed by atoms with van der Waals surface area (Å²) < 4.78 is 27.1. The van der Waals surface area contributed by atoms with Crippen molar-refractivity contribution in [1.29, 1.82) is 0 Å². The summed E-state index contributed by atoms with van der Waals surface area (Å²) in [5, 5.41) is 6.89. The molecule has 1 saturated carbocycles. The summed E-state index contributed by atoms with van der Waals surface area (Å²) in [6.07, 6.45) is 6.33. The molecule has 0 radical (unpaired) electrons.